The van der Waals surface area contributed by atoms with Crippen LogP contribution in [-0.2, 0) is 10.3 Å². The summed E-state index contributed by atoms with van der Waals surface area (Å²) in [6.07, 6.45) is 2.57. The van der Waals surface area contributed by atoms with Crippen LogP contribution in [0.1, 0.15) is 63.1 Å². The summed E-state index contributed by atoms with van der Waals surface area (Å²) >= 11 is 0. The van der Waals surface area contributed by atoms with Gasteiger partial charge in [-0.15, -0.1) is 0 Å². The highest BCUT2D eigenvalue weighted by Crippen LogP contribution is 2.32. The van der Waals surface area contributed by atoms with Crippen LogP contribution < -0.4 is 0 Å². The minimum atomic E-state index is -1.03. The van der Waals surface area contributed by atoms with Gasteiger partial charge in [-0.1, -0.05) is 6.07 Å². The Balaban J connectivity index is 1.74. The Morgan fingerprint density at radius 1 is 1.25 bits per heavy atom. The average molecular weight is 385 g/mol. The highest BCUT2D eigenvalue weighted by atomic mass is 16.5. The van der Waals surface area contributed by atoms with Gasteiger partial charge in [-0.25, -0.2) is 4.79 Å². The molecule has 2 aromatic rings. The lowest BCUT2D eigenvalue weighted by Crippen LogP contribution is -2.45. The Bertz CT molecular complexity index is 878. The molecule has 1 saturated heterocycles. The molecule has 150 valence electrons. The second-order valence-electron chi connectivity index (χ2n) is 7.39. The lowest BCUT2D eigenvalue weighted by molar-refractivity contribution is -0.0245. The molecule has 2 aromatic heterocycles. The molecule has 1 amide bonds. The summed E-state index contributed by atoms with van der Waals surface area (Å²) in [5, 5.41) is 11.0. The van der Waals surface area contributed by atoms with Crippen molar-refractivity contribution in [3.05, 3.63) is 52.1 Å². The minimum Gasteiger partial charge on any atom is -0.462 e. The summed E-state index contributed by atoms with van der Waals surface area (Å²) in [7, 11) is 0. The van der Waals surface area contributed by atoms with Crippen LogP contribution in [0.15, 0.2) is 18.3 Å². The maximum atomic E-state index is 13.0. The fraction of sp³-hybridized carbons (Fsp3) is 0.476. The summed E-state index contributed by atoms with van der Waals surface area (Å²) in [5.41, 5.74) is 2.69. The Labute approximate surface area is 164 Å². The molecule has 0 spiro atoms. The number of likely N-dealkylation sites (tertiary alicyclic amines) is 1. The van der Waals surface area contributed by atoms with Gasteiger partial charge in [0.2, 0.25) is 0 Å². The number of aromatic nitrogens is 2. The van der Waals surface area contributed by atoms with Crippen molar-refractivity contribution in [3.8, 4) is 0 Å². The van der Waals surface area contributed by atoms with Gasteiger partial charge in [0.15, 0.2) is 0 Å². The fourth-order valence-electron chi connectivity index (χ4n) is 3.71. The molecular formula is C21H27N3O4. The van der Waals surface area contributed by atoms with Crippen LogP contribution in [0.25, 0.3) is 0 Å². The number of hydrogen-bond donors (Lipinski definition) is 2. The van der Waals surface area contributed by atoms with Crippen LogP contribution in [0, 0.1) is 20.8 Å². The van der Waals surface area contributed by atoms with Crippen molar-refractivity contribution in [1.82, 2.24) is 14.9 Å². The van der Waals surface area contributed by atoms with Gasteiger partial charge in [-0.2, -0.15) is 0 Å². The Morgan fingerprint density at radius 3 is 2.50 bits per heavy atom. The van der Waals surface area contributed by atoms with E-state index in [1.54, 1.807) is 31.9 Å². The van der Waals surface area contributed by atoms with E-state index in [1.165, 1.54) is 0 Å². The van der Waals surface area contributed by atoms with Gasteiger partial charge in [-0.3, -0.25) is 9.78 Å². The quantitative estimate of drug-likeness (QED) is 0.789. The topological polar surface area (TPSA) is 95.5 Å². The number of amides is 1. The van der Waals surface area contributed by atoms with Crippen LogP contribution >= 0.6 is 0 Å². The SMILES string of the molecule is CCOC(=O)c1c(C)[nH]c(C(=O)N2CCC(O)(c3ccc(C)cn3)CC2)c1C. The molecule has 2 N–H and O–H groups in total. The molecule has 1 aliphatic heterocycles. The molecule has 0 saturated carbocycles. The highest BCUT2D eigenvalue weighted by Gasteiger charge is 2.37. The standard InChI is InChI=1S/C21H27N3O4/c1-5-28-20(26)17-14(3)18(23-15(17)4)19(25)24-10-8-21(27,9-11-24)16-7-6-13(2)12-22-16/h6-7,12,23,27H,5,8-11H2,1-4H3. The normalized spacial score (nSPS) is 16.1. The molecule has 28 heavy (non-hydrogen) atoms. The Morgan fingerprint density at radius 2 is 1.93 bits per heavy atom. The smallest absolute Gasteiger partial charge is 0.340 e. The van der Waals surface area contributed by atoms with Crippen LogP contribution in [0.2, 0.25) is 0 Å². The molecule has 1 aliphatic rings. The van der Waals surface area contributed by atoms with Crippen molar-refractivity contribution in [2.75, 3.05) is 19.7 Å². The third-order valence-corrected chi connectivity index (χ3v) is 5.40. The zero-order chi connectivity index (χ0) is 20.5. The number of ether oxygens (including phenoxy) is 1. The number of pyridine rings is 1. The number of esters is 1. The van der Waals surface area contributed by atoms with E-state index in [2.05, 4.69) is 9.97 Å². The average Bonchev–Trinajstić information content (AvgIpc) is 2.96. The summed E-state index contributed by atoms with van der Waals surface area (Å²) < 4.78 is 5.09. The van der Waals surface area contributed by atoms with Crippen LogP contribution in [0.3, 0.4) is 0 Å². The van der Waals surface area contributed by atoms with E-state index in [4.69, 9.17) is 4.74 Å². The zero-order valence-corrected chi connectivity index (χ0v) is 16.8. The van der Waals surface area contributed by atoms with E-state index in [-0.39, 0.29) is 12.5 Å². The van der Waals surface area contributed by atoms with Crippen molar-refractivity contribution in [1.29, 1.82) is 0 Å². The number of hydrogen-bond acceptors (Lipinski definition) is 5. The number of nitrogens with zero attached hydrogens (tertiary/aromatic N) is 2. The van der Waals surface area contributed by atoms with E-state index in [0.29, 0.717) is 54.1 Å². The number of aryl methyl sites for hydroxylation is 2. The summed E-state index contributed by atoms with van der Waals surface area (Å²) in [4.78, 5) is 34.3. The van der Waals surface area contributed by atoms with Gasteiger partial charge in [-0.05, 0) is 57.7 Å². The number of aromatic amines is 1. The molecule has 0 bridgehead atoms. The summed E-state index contributed by atoms with van der Waals surface area (Å²) in [6, 6.07) is 3.77. The summed E-state index contributed by atoms with van der Waals surface area (Å²) in [6.45, 7) is 8.32. The first-order chi connectivity index (χ1) is 13.3. The molecule has 3 rings (SSSR count). The first kappa shape index (κ1) is 20.1. The molecular weight excluding hydrogens is 358 g/mol. The van der Waals surface area contributed by atoms with Crippen molar-refractivity contribution < 1.29 is 19.4 Å². The van der Waals surface area contributed by atoms with Crippen molar-refractivity contribution in [2.24, 2.45) is 0 Å². The van der Waals surface area contributed by atoms with Crippen LogP contribution in [-0.4, -0.2) is 51.5 Å². The molecule has 7 nitrogen and oxygen atoms in total. The first-order valence-electron chi connectivity index (χ1n) is 9.58. The van der Waals surface area contributed by atoms with Gasteiger partial charge in [0.25, 0.3) is 5.91 Å². The van der Waals surface area contributed by atoms with E-state index in [1.807, 2.05) is 19.1 Å². The lowest BCUT2D eigenvalue weighted by atomic mass is 9.87. The fourth-order valence-corrected chi connectivity index (χ4v) is 3.71. The largest absolute Gasteiger partial charge is 0.462 e. The number of rotatable bonds is 4. The van der Waals surface area contributed by atoms with Gasteiger partial charge in [0.1, 0.15) is 11.3 Å². The van der Waals surface area contributed by atoms with E-state index in [9.17, 15) is 14.7 Å². The van der Waals surface area contributed by atoms with E-state index >= 15 is 0 Å². The monoisotopic (exact) mass is 385 g/mol. The number of H-pyrrole nitrogens is 1. The van der Waals surface area contributed by atoms with E-state index in [0.717, 1.165) is 5.56 Å². The maximum Gasteiger partial charge on any atom is 0.340 e. The van der Waals surface area contributed by atoms with Gasteiger partial charge in [0.05, 0.1) is 17.9 Å². The minimum absolute atomic E-state index is 0.171. The predicted octanol–water partition coefficient (Wildman–Crippen LogP) is 2.64. The molecule has 7 heteroatoms. The van der Waals surface area contributed by atoms with Crippen LogP contribution in [0.4, 0.5) is 0 Å². The molecule has 3 heterocycles. The van der Waals surface area contributed by atoms with Gasteiger partial charge < -0.3 is 19.7 Å². The molecule has 0 unspecified atom stereocenters. The third kappa shape index (κ3) is 3.67. The van der Waals surface area contributed by atoms with E-state index < -0.39 is 11.6 Å². The van der Waals surface area contributed by atoms with Crippen molar-refractivity contribution >= 4 is 11.9 Å². The van der Waals surface area contributed by atoms with Crippen molar-refractivity contribution in [3.63, 3.8) is 0 Å². The first-order valence-corrected chi connectivity index (χ1v) is 9.58. The number of carbonyl (C=O) groups is 2. The highest BCUT2D eigenvalue weighted by molar-refractivity contribution is 6.00. The second kappa shape index (κ2) is 7.75. The second-order valence-corrected chi connectivity index (χ2v) is 7.39. The number of nitrogens with one attached hydrogen (secondary N) is 1. The molecule has 1 fully saturated rings. The predicted molar refractivity (Wildman–Crippen MR) is 104 cm³/mol. The van der Waals surface area contributed by atoms with Gasteiger partial charge >= 0.3 is 5.97 Å². The van der Waals surface area contributed by atoms with Crippen molar-refractivity contribution in [2.45, 2.75) is 46.1 Å². The zero-order valence-electron chi connectivity index (χ0n) is 16.8. The summed E-state index contributed by atoms with van der Waals surface area (Å²) in [5.74, 6) is -0.596. The number of carbonyl (C=O) groups excluding carboxylic acids is 2. The Kier molecular flexibility index (Phi) is 5.56. The molecule has 0 radical (unpaired) electrons. The molecule has 0 aliphatic carbocycles. The third-order valence-electron chi connectivity index (χ3n) is 5.40. The lowest BCUT2D eigenvalue weighted by Gasteiger charge is -2.37. The number of piperidine rings is 1. The molecule has 0 atom stereocenters. The number of aliphatic hydroxyl groups is 1. The molecule has 0 aromatic carbocycles. The Hall–Kier alpha value is -2.67. The van der Waals surface area contributed by atoms with Gasteiger partial charge in [0, 0.05) is 25.0 Å². The maximum absolute atomic E-state index is 13.0. The van der Waals surface area contributed by atoms with Crippen LogP contribution in [0.5, 0.6) is 0 Å².